The van der Waals surface area contributed by atoms with E-state index < -0.39 is 11.6 Å². The smallest absolute Gasteiger partial charge is 0.130 e. The molecule has 0 aliphatic rings. The van der Waals surface area contributed by atoms with Gasteiger partial charge in [-0.2, -0.15) is 0 Å². The van der Waals surface area contributed by atoms with Crippen LogP contribution in [-0.2, 0) is 12.8 Å². The molecule has 0 spiro atoms. The second kappa shape index (κ2) is 8.91. The zero-order chi connectivity index (χ0) is 20.9. The number of rotatable bonds is 6. The quantitative estimate of drug-likeness (QED) is 0.345. The molecule has 0 fully saturated rings. The van der Waals surface area contributed by atoms with Crippen LogP contribution in [0.15, 0.2) is 91.0 Å². The summed E-state index contributed by atoms with van der Waals surface area (Å²) >= 11 is 0. The molecule has 0 heterocycles. The third-order valence-electron chi connectivity index (χ3n) is 5.23. The van der Waals surface area contributed by atoms with Crippen LogP contribution in [0, 0.1) is 11.6 Å². The standard InChI is InChI=1S/C27H22F2O/c1-30-23-13-12-21(14-19-8-4-2-5-9-19)24(18-23)25-16-22(28)17-27(29)26(25)15-20-10-6-3-7-11-20/h2-13,16-18H,14-15H2,1H3. The molecule has 1 nitrogen and oxygen atoms in total. The highest BCUT2D eigenvalue weighted by molar-refractivity contribution is 5.73. The lowest BCUT2D eigenvalue weighted by Gasteiger charge is -2.17. The van der Waals surface area contributed by atoms with Crippen molar-refractivity contribution in [2.45, 2.75) is 12.8 Å². The second-order valence-electron chi connectivity index (χ2n) is 7.26. The van der Waals surface area contributed by atoms with Crippen molar-refractivity contribution < 1.29 is 13.5 Å². The second-order valence-corrected chi connectivity index (χ2v) is 7.26. The van der Waals surface area contributed by atoms with Crippen molar-refractivity contribution in [3.63, 3.8) is 0 Å². The normalized spacial score (nSPS) is 10.8. The minimum absolute atomic E-state index is 0.379. The van der Waals surface area contributed by atoms with Gasteiger partial charge in [-0.3, -0.25) is 0 Å². The summed E-state index contributed by atoms with van der Waals surface area (Å²) in [5.41, 5.74) is 4.90. The van der Waals surface area contributed by atoms with Gasteiger partial charge in [-0.15, -0.1) is 0 Å². The highest BCUT2D eigenvalue weighted by Crippen LogP contribution is 2.35. The van der Waals surface area contributed by atoms with E-state index in [1.54, 1.807) is 7.11 Å². The van der Waals surface area contributed by atoms with E-state index in [1.165, 1.54) is 6.07 Å². The number of benzene rings is 4. The Balaban J connectivity index is 1.86. The van der Waals surface area contributed by atoms with Crippen molar-refractivity contribution >= 4 is 0 Å². The lowest BCUT2D eigenvalue weighted by molar-refractivity contribution is 0.415. The van der Waals surface area contributed by atoms with Gasteiger partial charge >= 0.3 is 0 Å². The van der Waals surface area contributed by atoms with Crippen molar-refractivity contribution in [3.8, 4) is 16.9 Å². The van der Waals surface area contributed by atoms with Crippen LogP contribution in [-0.4, -0.2) is 7.11 Å². The molecule has 0 aromatic heterocycles. The molecule has 0 aliphatic carbocycles. The minimum Gasteiger partial charge on any atom is -0.497 e. The van der Waals surface area contributed by atoms with Crippen molar-refractivity contribution in [1.82, 2.24) is 0 Å². The highest BCUT2D eigenvalue weighted by Gasteiger charge is 2.17. The Morgan fingerprint density at radius 2 is 1.30 bits per heavy atom. The van der Waals surface area contributed by atoms with Crippen molar-refractivity contribution in [2.75, 3.05) is 7.11 Å². The van der Waals surface area contributed by atoms with E-state index >= 15 is 0 Å². The van der Waals surface area contributed by atoms with Crippen molar-refractivity contribution in [1.29, 1.82) is 0 Å². The third-order valence-corrected chi connectivity index (χ3v) is 5.23. The predicted molar refractivity (Wildman–Crippen MR) is 117 cm³/mol. The summed E-state index contributed by atoms with van der Waals surface area (Å²) in [6.07, 6.45) is 1.04. The van der Waals surface area contributed by atoms with Gasteiger partial charge in [-0.1, -0.05) is 66.7 Å². The third kappa shape index (κ3) is 4.41. The molecule has 4 aromatic rings. The first kappa shape index (κ1) is 19.8. The minimum atomic E-state index is -0.590. The molecular formula is C27H22F2O. The Bertz CT molecular complexity index is 1140. The molecule has 0 saturated carbocycles. The molecule has 0 atom stereocenters. The van der Waals surface area contributed by atoms with E-state index in [1.807, 2.05) is 78.9 Å². The van der Waals surface area contributed by atoms with Crippen LogP contribution in [0.1, 0.15) is 22.3 Å². The maximum atomic E-state index is 15.0. The van der Waals surface area contributed by atoms with E-state index in [0.717, 1.165) is 28.3 Å². The van der Waals surface area contributed by atoms with Gasteiger partial charge in [0.05, 0.1) is 7.11 Å². The van der Waals surface area contributed by atoms with Crippen LogP contribution in [0.2, 0.25) is 0 Å². The predicted octanol–water partition coefficient (Wildman–Crippen LogP) is 6.82. The summed E-state index contributed by atoms with van der Waals surface area (Å²) in [6.45, 7) is 0. The van der Waals surface area contributed by atoms with E-state index in [2.05, 4.69) is 0 Å². The first-order chi connectivity index (χ1) is 14.6. The fourth-order valence-corrected chi connectivity index (χ4v) is 3.73. The Hall–Kier alpha value is -3.46. The molecule has 4 rings (SSSR count). The van der Waals surface area contributed by atoms with Crippen LogP contribution in [0.4, 0.5) is 8.78 Å². The van der Waals surface area contributed by atoms with Gasteiger partial charge in [0.25, 0.3) is 0 Å². The average molecular weight is 400 g/mol. The lowest BCUT2D eigenvalue weighted by atomic mass is 9.89. The molecule has 0 aliphatic heterocycles. The first-order valence-electron chi connectivity index (χ1n) is 9.87. The molecule has 0 amide bonds. The fourth-order valence-electron chi connectivity index (χ4n) is 3.73. The van der Waals surface area contributed by atoms with Gasteiger partial charge in [0.15, 0.2) is 0 Å². The largest absolute Gasteiger partial charge is 0.497 e. The molecule has 0 saturated heterocycles. The Kier molecular flexibility index (Phi) is 5.89. The molecule has 150 valence electrons. The molecule has 0 N–H and O–H groups in total. The van der Waals surface area contributed by atoms with E-state index in [0.29, 0.717) is 29.7 Å². The molecule has 4 aromatic carbocycles. The Morgan fingerprint density at radius 1 is 0.667 bits per heavy atom. The number of hydrogen-bond donors (Lipinski definition) is 0. The van der Waals surface area contributed by atoms with Gasteiger partial charge < -0.3 is 4.74 Å². The maximum Gasteiger partial charge on any atom is 0.130 e. The van der Waals surface area contributed by atoms with E-state index in [9.17, 15) is 8.78 Å². The fraction of sp³-hybridized carbons (Fsp3) is 0.111. The SMILES string of the molecule is COc1ccc(Cc2ccccc2)c(-c2cc(F)cc(F)c2Cc2ccccc2)c1. The van der Waals surface area contributed by atoms with Gasteiger partial charge in [0, 0.05) is 18.1 Å². The summed E-state index contributed by atoms with van der Waals surface area (Å²) < 4.78 is 34.7. The van der Waals surface area contributed by atoms with Crippen LogP contribution in [0.5, 0.6) is 5.75 Å². The number of ether oxygens (including phenoxy) is 1. The maximum absolute atomic E-state index is 15.0. The summed E-state index contributed by atoms with van der Waals surface area (Å²) in [5, 5.41) is 0. The van der Waals surface area contributed by atoms with Crippen molar-refractivity contribution in [2.24, 2.45) is 0 Å². The number of halogens is 2. The summed E-state index contributed by atoms with van der Waals surface area (Å²) in [7, 11) is 1.59. The summed E-state index contributed by atoms with van der Waals surface area (Å²) in [5.74, 6) is -0.479. The Morgan fingerprint density at radius 3 is 1.93 bits per heavy atom. The van der Waals surface area contributed by atoms with Gasteiger partial charge in [-0.05, 0) is 52.4 Å². The molecule has 0 radical (unpaired) electrons. The summed E-state index contributed by atoms with van der Waals surface area (Å²) in [6, 6.07) is 27.8. The molecule has 0 unspecified atom stereocenters. The van der Waals surface area contributed by atoms with Crippen molar-refractivity contribution in [3.05, 3.63) is 125 Å². The van der Waals surface area contributed by atoms with Gasteiger partial charge in [0.2, 0.25) is 0 Å². The van der Waals surface area contributed by atoms with Crippen LogP contribution < -0.4 is 4.74 Å². The molecule has 30 heavy (non-hydrogen) atoms. The van der Waals surface area contributed by atoms with E-state index in [-0.39, 0.29) is 0 Å². The monoisotopic (exact) mass is 400 g/mol. The van der Waals surface area contributed by atoms with E-state index in [4.69, 9.17) is 4.74 Å². The topological polar surface area (TPSA) is 9.23 Å². The zero-order valence-electron chi connectivity index (χ0n) is 16.7. The van der Waals surface area contributed by atoms with Crippen LogP contribution in [0.3, 0.4) is 0 Å². The average Bonchev–Trinajstić information content (AvgIpc) is 2.77. The molecule has 3 heteroatoms. The molecular weight excluding hydrogens is 378 g/mol. The summed E-state index contributed by atoms with van der Waals surface area (Å²) in [4.78, 5) is 0. The van der Waals surface area contributed by atoms with Crippen LogP contribution in [0.25, 0.3) is 11.1 Å². The highest BCUT2D eigenvalue weighted by atomic mass is 19.1. The number of methoxy groups -OCH3 is 1. The Labute approximate surface area is 175 Å². The first-order valence-corrected chi connectivity index (χ1v) is 9.87. The number of hydrogen-bond acceptors (Lipinski definition) is 1. The van der Waals surface area contributed by atoms with Gasteiger partial charge in [-0.25, -0.2) is 8.78 Å². The lowest BCUT2D eigenvalue weighted by Crippen LogP contribution is -2.01. The van der Waals surface area contributed by atoms with Crippen LogP contribution >= 0.6 is 0 Å². The molecule has 0 bridgehead atoms. The van der Waals surface area contributed by atoms with Gasteiger partial charge in [0.1, 0.15) is 17.4 Å². The zero-order valence-corrected chi connectivity index (χ0v) is 16.7.